The van der Waals surface area contributed by atoms with E-state index >= 15 is 0 Å². The van der Waals surface area contributed by atoms with Crippen LogP contribution >= 0.6 is 11.3 Å². The minimum Gasteiger partial charge on any atom is -0.346 e. The number of nitrogens with zero attached hydrogens (tertiary/aromatic N) is 2. The Bertz CT molecular complexity index is 2670. The fourth-order valence-corrected chi connectivity index (χ4v) is 8.71. The molecule has 1 N–H and O–H groups in total. The summed E-state index contributed by atoms with van der Waals surface area (Å²) in [6.45, 7) is 0. The van der Waals surface area contributed by atoms with Crippen LogP contribution in [0.15, 0.2) is 193 Å². The Morgan fingerprint density at radius 2 is 1.00 bits per heavy atom. The zero-order valence-corrected chi connectivity index (χ0v) is 29.1. The van der Waals surface area contributed by atoms with Crippen LogP contribution < -0.4 is 10.2 Å². The fourth-order valence-electron chi connectivity index (χ4n) is 7.55. The molecule has 10 rings (SSSR count). The molecule has 1 aliphatic rings. The van der Waals surface area contributed by atoms with Crippen molar-refractivity contribution in [1.82, 2.24) is 0 Å². The molecule has 0 fully saturated rings. The van der Waals surface area contributed by atoms with Crippen molar-refractivity contribution in [2.75, 3.05) is 10.2 Å². The number of hydrogen-bond acceptors (Lipinski definition) is 4. The van der Waals surface area contributed by atoms with E-state index in [1.165, 1.54) is 53.2 Å². The van der Waals surface area contributed by atoms with E-state index in [0.29, 0.717) is 0 Å². The lowest BCUT2D eigenvalue weighted by Gasteiger charge is -2.36. The average molecular weight is 684 g/mol. The van der Waals surface area contributed by atoms with Crippen LogP contribution in [0.4, 0.5) is 17.1 Å². The van der Waals surface area contributed by atoms with Crippen molar-refractivity contribution in [3.63, 3.8) is 0 Å². The quantitative estimate of drug-likeness (QED) is 0.189. The summed E-state index contributed by atoms with van der Waals surface area (Å²) in [4.78, 5) is 7.96. The molecule has 2 heterocycles. The third kappa shape index (κ3) is 5.33. The molecule has 1 atom stereocenters. The van der Waals surface area contributed by atoms with E-state index in [1.54, 1.807) is 0 Å². The number of nitrogens with one attached hydrogen (secondary N) is 1. The molecule has 52 heavy (non-hydrogen) atoms. The Morgan fingerprint density at radius 1 is 0.462 bits per heavy atom. The topological polar surface area (TPSA) is 27.6 Å². The molecular formula is C48H33N3S. The molecule has 1 aliphatic heterocycles. The summed E-state index contributed by atoms with van der Waals surface area (Å²) in [6.07, 6.45) is -0.406. The van der Waals surface area contributed by atoms with Crippen molar-refractivity contribution in [3.8, 4) is 22.3 Å². The van der Waals surface area contributed by atoms with Gasteiger partial charge in [0.1, 0.15) is 0 Å². The Balaban J connectivity index is 1.15. The Morgan fingerprint density at radius 3 is 1.65 bits per heavy atom. The van der Waals surface area contributed by atoms with Crippen LogP contribution in [-0.2, 0) is 0 Å². The van der Waals surface area contributed by atoms with Crippen molar-refractivity contribution in [2.45, 2.75) is 6.29 Å². The number of anilines is 3. The van der Waals surface area contributed by atoms with Crippen molar-refractivity contribution >= 4 is 65.1 Å². The van der Waals surface area contributed by atoms with Crippen LogP contribution in [0.25, 0.3) is 53.2 Å². The minimum atomic E-state index is -0.406. The van der Waals surface area contributed by atoms with Gasteiger partial charge in [0.25, 0.3) is 0 Å². The lowest BCUT2D eigenvalue weighted by Crippen LogP contribution is -2.40. The number of aliphatic imine (C=N–C) groups is 1. The Kier molecular flexibility index (Phi) is 7.40. The molecule has 0 amide bonds. The predicted octanol–water partition coefficient (Wildman–Crippen LogP) is 12.9. The number of para-hydroxylation sites is 1. The second-order valence-corrected chi connectivity index (χ2v) is 14.3. The van der Waals surface area contributed by atoms with Gasteiger partial charge in [-0.2, -0.15) is 0 Å². The van der Waals surface area contributed by atoms with Gasteiger partial charge in [0.2, 0.25) is 6.29 Å². The number of fused-ring (bicyclic) bond motifs is 5. The van der Waals surface area contributed by atoms with E-state index in [1.807, 2.05) is 11.3 Å². The molecular weight excluding hydrogens is 651 g/mol. The van der Waals surface area contributed by atoms with Gasteiger partial charge >= 0.3 is 0 Å². The fraction of sp³-hybridized carbons (Fsp3) is 0.0208. The molecule has 3 nitrogen and oxygen atoms in total. The maximum Gasteiger partial charge on any atom is 0.201 e. The largest absolute Gasteiger partial charge is 0.346 e. The molecule has 0 aliphatic carbocycles. The first-order chi connectivity index (χ1) is 25.8. The summed E-state index contributed by atoms with van der Waals surface area (Å²) in [5, 5.41) is 8.87. The second-order valence-electron chi connectivity index (χ2n) is 13.2. The highest BCUT2D eigenvalue weighted by Crippen LogP contribution is 2.41. The number of benzene rings is 8. The summed E-state index contributed by atoms with van der Waals surface area (Å²) in [7, 11) is 0. The van der Waals surface area contributed by atoms with Crippen LogP contribution in [0.3, 0.4) is 0 Å². The van der Waals surface area contributed by atoms with E-state index < -0.39 is 6.29 Å². The van der Waals surface area contributed by atoms with E-state index in [-0.39, 0.29) is 0 Å². The van der Waals surface area contributed by atoms with Crippen molar-refractivity contribution < 1.29 is 0 Å². The molecule has 246 valence electrons. The van der Waals surface area contributed by atoms with E-state index in [9.17, 15) is 0 Å². The highest BCUT2D eigenvalue weighted by molar-refractivity contribution is 7.26. The van der Waals surface area contributed by atoms with Gasteiger partial charge in [-0.05, 0) is 81.6 Å². The summed E-state index contributed by atoms with van der Waals surface area (Å²) >= 11 is 1.85. The molecule has 8 aromatic carbocycles. The van der Waals surface area contributed by atoms with Gasteiger partial charge in [-0.25, -0.2) is 4.99 Å². The molecule has 0 radical (unpaired) electrons. The summed E-state index contributed by atoms with van der Waals surface area (Å²) in [5.74, 6) is 0. The Hall–Kier alpha value is -6.49. The standard InChI is InChI=1S/C48H33N3S/c1-3-12-32(13-4-1)34-22-26-38(27-23-34)51(39-28-24-35(25-29-39)33-14-5-2-6-15-33)48-49-43-20-10-9-18-40(43)47(50-48)41-19-11-21-44-46(41)42-30-36-16-7-8-17-37(36)31-45(42)52-44/h1-31,48-49H. The lowest BCUT2D eigenvalue weighted by molar-refractivity contribution is 0.763. The monoisotopic (exact) mass is 683 g/mol. The van der Waals surface area contributed by atoms with Crippen LogP contribution in [-0.4, -0.2) is 12.0 Å². The molecule has 1 unspecified atom stereocenters. The maximum atomic E-state index is 5.64. The highest BCUT2D eigenvalue weighted by Gasteiger charge is 2.29. The van der Waals surface area contributed by atoms with Gasteiger partial charge < -0.3 is 10.2 Å². The normalized spacial score (nSPS) is 13.8. The SMILES string of the molecule is c1ccc(-c2ccc(N(c3ccc(-c4ccccc4)cc3)C3N=C(c4cccc5sc6cc7ccccc7cc6c45)c4ccccc4N3)cc2)cc1. The predicted molar refractivity (Wildman–Crippen MR) is 222 cm³/mol. The van der Waals surface area contributed by atoms with E-state index in [4.69, 9.17) is 4.99 Å². The van der Waals surface area contributed by atoms with Crippen LogP contribution in [0.5, 0.6) is 0 Å². The first kappa shape index (κ1) is 30.3. The molecule has 0 bridgehead atoms. The van der Waals surface area contributed by atoms with Crippen molar-refractivity contribution in [1.29, 1.82) is 0 Å². The molecule has 1 aromatic heterocycles. The number of rotatable bonds is 6. The van der Waals surface area contributed by atoms with Gasteiger partial charge in [-0.3, -0.25) is 0 Å². The number of thiophene rings is 1. The molecule has 0 spiro atoms. The average Bonchev–Trinajstić information content (AvgIpc) is 3.58. The Labute approximate surface area is 306 Å². The van der Waals surface area contributed by atoms with Crippen LogP contribution in [0, 0.1) is 0 Å². The molecule has 4 heteroatoms. The summed E-state index contributed by atoms with van der Waals surface area (Å²) < 4.78 is 2.56. The third-order valence-corrected chi connectivity index (χ3v) is 11.2. The van der Waals surface area contributed by atoms with Gasteiger partial charge in [0, 0.05) is 48.4 Å². The zero-order valence-electron chi connectivity index (χ0n) is 28.3. The third-order valence-electron chi connectivity index (χ3n) is 10.1. The van der Waals surface area contributed by atoms with Crippen LogP contribution in [0.1, 0.15) is 11.1 Å². The van der Waals surface area contributed by atoms with E-state index in [0.717, 1.165) is 33.9 Å². The van der Waals surface area contributed by atoms with Crippen LogP contribution in [0.2, 0.25) is 0 Å². The minimum absolute atomic E-state index is 0.406. The van der Waals surface area contributed by atoms with Gasteiger partial charge in [0.15, 0.2) is 0 Å². The molecule has 0 saturated carbocycles. The maximum absolute atomic E-state index is 5.64. The van der Waals surface area contributed by atoms with E-state index in [2.05, 4.69) is 198 Å². The van der Waals surface area contributed by atoms with Crippen molar-refractivity contribution in [3.05, 3.63) is 199 Å². The smallest absolute Gasteiger partial charge is 0.201 e. The van der Waals surface area contributed by atoms with Gasteiger partial charge in [0.05, 0.1) is 5.71 Å². The van der Waals surface area contributed by atoms with Gasteiger partial charge in [-0.15, -0.1) is 11.3 Å². The highest BCUT2D eigenvalue weighted by atomic mass is 32.1. The summed E-state index contributed by atoms with van der Waals surface area (Å²) in [5.41, 5.74) is 11.2. The lowest BCUT2D eigenvalue weighted by atomic mass is 9.94. The molecule has 0 saturated heterocycles. The first-order valence-electron chi connectivity index (χ1n) is 17.7. The zero-order chi connectivity index (χ0) is 34.4. The molecule has 9 aromatic rings. The second kappa shape index (κ2) is 12.7. The first-order valence-corrected chi connectivity index (χ1v) is 18.5. The number of hydrogen-bond donors (Lipinski definition) is 1. The van der Waals surface area contributed by atoms with Crippen molar-refractivity contribution in [2.24, 2.45) is 4.99 Å². The summed E-state index contributed by atoms with van der Waals surface area (Å²) in [6, 6.07) is 67.3. The van der Waals surface area contributed by atoms with Gasteiger partial charge in [-0.1, -0.05) is 140 Å².